The highest BCUT2D eigenvalue weighted by Crippen LogP contribution is 2.37. The molecule has 3 heterocycles. The van der Waals surface area contributed by atoms with E-state index in [1.807, 2.05) is 17.8 Å². The molecule has 0 radical (unpaired) electrons. The first-order chi connectivity index (χ1) is 9.36. The van der Waals surface area contributed by atoms with E-state index in [2.05, 4.69) is 15.1 Å². The van der Waals surface area contributed by atoms with Gasteiger partial charge in [0.1, 0.15) is 11.8 Å². The zero-order valence-electron chi connectivity index (χ0n) is 10.2. The molecule has 1 fully saturated rings. The minimum Gasteiger partial charge on any atom is -0.332 e. The lowest BCUT2D eigenvalue weighted by Gasteiger charge is -2.17. The highest BCUT2D eigenvalue weighted by Gasteiger charge is 2.22. The van der Waals surface area contributed by atoms with Gasteiger partial charge in [-0.1, -0.05) is 11.6 Å². The van der Waals surface area contributed by atoms with E-state index in [4.69, 9.17) is 9.78 Å². The van der Waals surface area contributed by atoms with Crippen LogP contribution in [0.25, 0.3) is 11.6 Å². The summed E-state index contributed by atoms with van der Waals surface area (Å²) in [5, 5.41) is 13.1. The third kappa shape index (κ3) is 2.61. The Morgan fingerprint density at radius 1 is 1.37 bits per heavy atom. The fourth-order valence-corrected chi connectivity index (χ4v) is 3.23. The molecule has 0 spiro atoms. The Morgan fingerprint density at radius 2 is 2.32 bits per heavy atom. The van der Waals surface area contributed by atoms with Crippen molar-refractivity contribution in [3.63, 3.8) is 0 Å². The smallest absolute Gasteiger partial charge is 0.276 e. The predicted octanol–water partition coefficient (Wildman–Crippen LogP) is 2.96. The summed E-state index contributed by atoms with van der Waals surface area (Å²) in [6, 6.07) is 5.45. The van der Waals surface area contributed by atoms with Crippen LogP contribution in [0.5, 0.6) is 0 Å². The third-order valence-corrected chi connectivity index (χ3v) is 4.39. The summed E-state index contributed by atoms with van der Waals surface area (Å²) in [7, 11) is 0. The van der Waals surface area contributed by atoms with Gasteiger partial charge in [0.2, 0.25) is 0 Å². The van der Waals surface area contributed by atoms with Gasteiger partial charge in [0.25, 0.3) is 5.89 Å². The molecule has 0 aromatic carbocycles. The second kappa shape index (κ2) is 5.41. The molecule has 2 aromatic rings. The van der Waals surface area contributed by atoms with E-state index in [1.165, 1.54) is 19.0 Å². The van der Waals surface area contributed by atoms with Crippen LogP contribution in [-0.2, 0) is 0 Å². The van der Waals surface area contributed by atoms with Crippen LogP contribution in [-0.4, -0.2) is 20.9 Å². The Bertz CT molecular complexity index is 596. The van der Waals surface area contributed by atoms with Gasteiger partial charge in [-0.3, -0.25) is 0 Å². The van der Waals surface area contributed by atoms with Crippen molar-refractivity contribution in [2.75, 3.05) is 5.75 Å². The molecule has 0 amide bonds. The Balaban J connectivity index is 1.81. The maximum absolute atomic E-state index is 8.73. The minimum absolute atomic E-state index is 0.338. The number of hydrogen-bond acceptors (Lipinski definition) is 6. The number of hydrogen-bond donors (Lipinski definition) is 0. The molecule has 0 saturated carbocycles. The summed E-state index contributed by atoms with van der Waals surface area (Å²) in [5.41, 5.74) is 1.13. The van der Waals surface area contributed by atoms with Gasteiger partial charge >= 0.3 is 0 Å². The van der Waals surface area contributed by atoms with Gasteiger partial charge in [0, 0.05) is 6.20 Å². The molecule has 0 bridgehead atoms. The average molecular weight is 272 g/mol. The number of pyridine rings is 1. The molecule has 1 unspecified atom stereocenters. The lowest BCUT2D eigenvalue weighted by Crippen LogP contribution is -2.03. The summed E-state index contributed by atoms with van der Waals surface area (Å²) < 4.78 is 5.26. The van der Waals surface area contributed by atoms with Crippen LogP contribution < -0.4 is 0 Å². The van der Waals surface area contributed by atoms with Gasteiger partial charge in [0.15, 0.2) is 5.82 Å². The summed E-state index contributed by atoms with van der Waals surface area (Å²) >= 11 is 1.88. The van der Waals surface area contributed by atoms with Crippen molar-refractivity contribution in [3.8, 4) is 17.7 Å². The van der Waals surface area contributed by atoms with Gasteiger partial charge < -0.3 is 4.52 Å². The topological polar surface area (TPSA) is 75.6 Å². The standard InChI is InChI=1S/C13H12N4OS/c14-7-9-4-5-10(15-8-9)13-16-12(17-18-13)11-3-1-2-6-19-11/h4-5,8,11H,1-3,6H2. The number of aromatic nitrogens is 3. The minimum atomic E-state index is 0.338. The zero-order valence-corrected chi connectivity index (χ0v) is 11.1. The van der Waals surface area contributed by atoms with Gasteiger partial charge in [-0.2, -0.15) is 22.0 Å². The Kier molecular flexibility index (Phi) is 3.47. The van der Waals surface area contributed by atoms with Crippen LogP contribution in [0, 0.1) is 11.3 Å². The van der Waals surface area contributed by atoms with E-state index in [-0.39, 0.29) is 0 Å². The van der Waals surface area contributed by atoms with Gasteiger partial charge in [0.05, 0.1) is 10.8 Å². The van der Waals surface area contributed by atoms with Crippen LogP contribution in [0.1, 0.15) is 35.9 Å². The fraction of sp³-hybridized carbons (Fsp3) is 0.385. The largest absolute Gasteiger partial charge is 0.332 e. The van der Waals surface area contributed by atoms with Gasteiger partial charge in [-0.15, -0.1) is 0 Å². The zero-order chi connectivity index (χ0) is 13.1. The summed E-state index contributed by atoms with van der Waals surface area (Å²) in [6.07, 6.45) is 5.10. The molecule has 1 atom stereocenters. The van der Waals surface area contributed by atoms with Gasteiger partial charge in [-0.25, -0.2) is 4.98 Å². The van der Waals surface area contributed by atoms with Crippen molar-refractivity contribution >= 4 is 11.8 Å². The van der Waals surface area contributed by atoms with E-state index in [1.54, 1.807) is 12.1 Å². The molecule has 0 aliphatic carbocycles. The quantitative estimate of drug-likeness (QED) is 0.836. The average Bonchev–Trinajstić information content (AvgIpc) is 2.98. The van der Waals surface area contributed by atoms with E-state index < -0.39 is 0 Å². The molecule has 2 aromatic heterocycles. The van der Waals surface area contributed by atoms with Crippen LogP contribution in [0.2, 0.25) is 0 Å². The van der Waals surface area contributed by atoms with Crippen molar-refractivity contribution in [1.29, 1.82) is 5.26 Å². The van der Waals surface area contributed by atoms with E-state index >= 15 is 0 Å². The Labute approximate surface area is 115 Å². The molecule has 1 aliphatic rings. The highest BCUT2D eigenvalue weighted by molar-refractivity contribution is 7.99. The molecule has 6 heteroatoms. The number of rotatable bonds is 2. The van der Waals surface area contributed by atoms with E-state index in [9.17, 15) is 0 Å². The number of thioether (sulfide) groups is 1. The molecule has 1 saturated heterocycles. The molecular weight excluding hydrogens is 260 g/mol. The summed E-state index contributed by atoms with van der Waals surface area (Å²) in [5.74, 6) is 2.33. The molecule has 5 nitrogen and oxygen atoms in total. The molecular formula is C13H12N4OS. The van der Waals surface area contributed by atoms with Crippen molar-refractivity contribution in [1.82, 2.24) is 15.1 Å². The molecule has 3 rings (SSSR count). The summed E-state index contributed by atoms with van der Waals surface area (Å²) in [6.45, 7) is 0. The Hall–Kier alpha value is -1.87. The lowest BCUT2D eigenvalue weighted by atomic mass is 10.2. The first kappa shape index (κ1) is 12.2. The molecule has 1 aliphatic heterocycles. The van der Waals surface area contributed by atoms with Crippen molar-refractivity contribution in [2.24, 2.45) is 0 Å². The number of nitrogens with zero attached hydrogens (tertiary/aromatic N) is 4. The first-order valence-corrected chi connectivity index (χ1v) is 7.23. The highest BCUT2D eigenvalue weighted by atomic mass is 32.2. The van der Waals surface area contributed by atoms with Crippen molar-refractivity contribution in [3.05, 3.63) is 29.7 Å². The Morgan fingerprint density at radius 3 is 3.00 bits per heavy atom. The molecule has 0 N–H and O–H groups in total. The van der Waals surface area contributed by atoms with Crippen LogP contribution in [0.3, 0.4) is 0 Å². The SMILES string of the molecule is N#Cc1ccc(-c2nc(C3CCCCS3)no2)nc1. The predicted molar refractivity (Wildman–Crippen MR) is 71.3 cm³/mol. The van der Waals surface area contributed by atoms with Crippen molar-refractivity contribution in [2.45, 2.75) is 24.5 Å². The number of nitriles is 1. The van der Waals surface area contributed by atoms with E-state index in [0.29, 0.717) is 22.4 Å². The molecule has 19 heavy (non-hydrogen) atoms. The van der Waals surface area contributed by atoms with E-state index in [0.717, 1.165) is 18.0 Å². The maximum Gasteiger partial charge on any atom is 0.276 e. The van der Waals surface area contributed by atoms with Crippen LogP contribution in [0.15, 0.2) is 22.9 Å². The van der Waals surface area contributed by atoms with Crippen LogP contribution in [0.4, 0.5) is 0 Å². The second-order valence-corrected chi connectivity index (χ2v) is 5.67. The monoisotopic (exact) mass is 272 g/mol. The van der Waals surface area contributed by atoms with Crippen molar-refractivity contribution < 1.29 is 4.52 Å². The van der Waals surface area contributed by atoms with Gasteiger partial charge in [-0.05, 0) is 30.7 Å². The lowest BCUT2D eigenvalue weighted by molar-refractivity contribution is 0.419. The fourth-order valence-electron chi connectivity index (χ4n) is 2.00. The third-order valence-electron chi connectivity index (χ3n) is 3.02. The normalized spacial score (nSPS) is 19.0. The second-order valence-electron chi connectivity index (χ2n) is 4.36. The molecule has 96 valence electrons. The summed E-state index contributed by atoms with van der Waals surface area (Å²) in [4.78, 5) is 8.57. The maximum atomic E-state index is 8.73. The first-order valence-electron chi connectivity index (χ1n) is 6.18. The van der Waals surface area contributed by atoms with Crippen LogP contribution >= 0.6 is 11.8 Å².